The van der Waals surface area contributed by atoms with Crippen LogP contribution in [0.25, 0.3) is 22.2 Å². The van der Waals surface area contributed by atoms with Crippen molar-refractivity contribution >= 4 is 16.8 Å². The van der Waals surface area contributed by atoms with Crippen LogP contribution in [0.1, 0.15) is 41.8 Å². The molecule has 0 aliphatic rings. The Bertz CT molecular complexity index is 958. The van der Waals surface area contributed by atoms with E-state index in [2.05, 4.69) is 31.1 Å². The van der Waals surface area contributed by atoms with Crippen molar-refractivity contribution in [1.82, 2.24) is 19.7 Å². The largest absolute Gasteiger partial charge is 0.339 e. The summed E-state index contributed by atoms with van der Waals surface area (Å²) in [4.78, 5) is 20.0. The Morgan fingerprint density at radius 2 is 1.96 bits per heavy atom. The lowest BCUT2D eigenvalue weighted by Gasteiger charge is -2.22. The van der Waals surface area contributed by atoms with Crippen LogP contribution >= 0.6 is 0 Å². The molecule has 0 radical (unpaired) electrons. The molecule has 0 bridgehead atoms. The molecule has 0 atom stereocenters. The number of carbonyl (C=O) groups is 1. The Labute approximate surface area is 154 Å². The molecule has 5 heteroatoms. The van der Waals surface area contributed by atoms with Crippen LogP contribution < -0.4 is 0 Å². The second-order valence-electron chi connectivity index (χ2n) is 6.82. The van der Waals surface area contributed by atoms with E-state index in [-0.39, 0.29) is 5.91 Å². The highest BCUT2D eigenvalue weighted by Crippen LogP contribution is 2.29. The predicted molar refractivity (Wildman–Crippen MR) is 105 cm³/mol. The van der Waals surface area contributed by atoms with Gasteiger partial charge in [-0.05, 0) is 50.5 Å². The van der Waals surface area contributed by atoms with Crippen LogP contribution in [0.5, 0.6) is 0 Å². The van der Waals surface area contributed by atoms with Gasteiger partial charge in [-0.1, -0.05) is 13.0 Å². The number of nitrogens with zero attached hydrogens (tertiary/aromatic N) is 4. The van der Waals surface area contributed by atoms with Crippen LogP contribution in [0.3, 0.4) is 0 Å². The first-order chi connectivity index (χ1) is 12.4. The Balaban J connectivity index is 2.26. The Kier molecular flexibility index (Phi) is 5.07. The summed E-state index contributed by atoms with van der Waals surface area (Å²) in [5.74, 6) is 0.0684. The van der Waals surface area contributed by atoms with Crippen LogP contribution in [-0.4, -0.2) is 38.7 Å². The smallest absolute Gasteiger partial charge is 0.254 e. The number of aryl methyl sites for hydroxylation is 3. The van der Waals surface area contributed by atoms with Gasteiger partial charge in [-0.2, -0.15) is 5.10 Å². The van der Waals surface area contributed by atoms with Crippen LogP contribution in [-0.2, 0) is 7.05 Å². The Morgan fingerprint density at radius 1 is 1.19 bits per heavy atom. The first-order valence-electron chi connectivity index (χ1n) is 9.14. The summed E-state index contributed by atoms with van der Waals surface area (Å²) in [7, 11) is 1.88. The molecule has 26 heavy (non-hydrogen) atoms. The van der Waals surface area contributed by atoms with Crippen molar-refractivity contribution in [3.63, 3.8) is 0 Å². The van der Waals surface area contributed by atoms with Gasteiger partial charge in [0.1, 0.15) is 0 Å². The molecular formula is C21H26N4O. The fourth-order valence-electron chi connectivity index (χ4n) is 3.47. The highest BCUT2D eigenvalue weighted by Gasteiger charge is 2.20. The van der Waals surface area contributed by atoms with Gasteiger partial charge in [0, 0.05) is 37.3 Å². The Hall–Kier alpha value is -2.69. The van der Waals surface area contributed by atoms with Gasteiger partial charge in [-0.3, -0.25) is 9.48 Å². The summed E-state index contributed by atoms with van der Waals surface area (Å²) in [5, 5.41) is 5.19. The maximum absolute atomic E-state index is 13.3. The van der Waals surface area contributed by atoms with E-state index < -0.39 is 0 Å². The summed E-state index contributed by atoms with van der Waals surface area (Å²) in [5.41, 5.74) is 5.51. The number of pyridine rings is 1. The van der Waals surface area contributed by atoms with Crippen molar-refractivity contribution in [1.29, 1.82) is 0 Å². The molecule has 1 aromatic carbocycles. The van der Waals surface area contributed by atoms with Crippen LogP contribution in [0.15, 0.2) is 30.6 Å². The standard InChI is InChI=1S/C21H26N4O/c1-6-8-25(7-2)21(26)17-11-18(16-12-22-24(5)13-16)23-19-10-14(3)9-15(4)20(17)19/h9-13H,6-8H2,1-5H3. The van der Waals surface area contributed by atoms with Crippen LogP contribution in [0.2, 0.25) is 0 Å². The van der Waals surface area contributed by atoms with Crippen molar-refractivity contribution < 1.29 is 4.79 Å². The summed E-state index contributed by atoms with van der Waals surface area (Å²) in [6.07, 6.45) is 4.65. The van der Waals surface area contributed by atoms with Crippen molar-refractivity contribution in [2.45, 2.75) is 34.1 Å². The monoisotopic (exact) mass is 350 g/mol. The number of benzene rings is 1. The molecule has 0 saturated carbocycles. The first kappa shape index (κ1) is 18.1. The molecule has 5 nitrogen and oxygen atoms in total. The number of hydrogen-bond donors (Lipinski definition) is 0. The molecule has 3 aromatic rings. The number of aromatic nitrogens is 3. The second kappa shape index (κ2) is 7.28. The summed E-state index contributed by atoms with van der Waals surface area (Å²) < 4.78 is 1.75. The highest BCUT2D eigenvalue weighted by molar-refractivity contribution is 6.08. The van der Waals surface area contributed by atoms with Gasteiger partial charge in [0.25, 0.3) is 5.91 Å². The highest BCUT2D eigenvalue weighted by atomic mass is 16.2. The van der Waals surface area contributed by atoms with Crippen LogP contribution in [0, 0.1) is 13.8 Å². The third kappa shape index (κ3) is 3.34. The molecule has 1 amide bonds. The maximum atomic E-state index is 13.3. The Morgan fingerprint density at radius 3 is 2.58 bits per heavy atom. The quantitative estimate of drug-likeness (QED) is 0.695. The van der Waals surface area contributed by atoms with Gasteiger partial charge in [-0.25, -0.2) is 4.98 Å². The minimum Gasteiger partial charge on any atom is -0.339 e. The molecule has 0 aliphatic carbocycles. The van der Waals surface area contributed by atoms with E-state index in [1.807, 2.05) is 38.1 Å². The third-order valence-electron chi connectivity index (χ3n) is 4.64. The first-order valence-corrected chi connectivity index (χ1v) is 9.14. The van der Waals surface area contributed by atoms with E-state index in [0.717, 1.165) is 51.8 Å². The molecular weight excluding hydrogens is 324 g/mol. The summed E-state index contributed by atoms with van der Waals surface area (Å²) in [6.45, 7) is 9.68. The summed E-state index contributed by atoms with van der Waals surface area (Å²) >= 11 is 0. The lowest BCUT2D eigenvalue weighted by Crippen LogP contribution is -2.31. The molecule has 0 N–H and O–H groups in total. The number of amides is 1. The normalized spacial score (nSPS) is 11.1. The SMILES string of the molecule is CCCN(CC)C(=O)c1cc(-c2cnn(C)c2)nc2cc(C)cc(C)c12. The molecule has 0 fully saturated rings. The van der Waals surface area contributed by atoms with Gasteiger partial charge in [-0.15, -0.1) is 0 Å². The van der Waals surface area contributed by atoms with E-state index >= 15 is 0 Å². The van der Waals surface area contributed by atoms with Crippen molar-refractivity contribution in [2.75, 3.05) is 13.1 Å². The summed E-state index contributed by atoms with van der Waals surface area (Å²) in [6, 6.07) is 6.08. The molecule has 3 rings (SSSR count). The average molecular weight is 350 g/mol. The minimum absolute atomic E-state index is 0.0684. The zero-order valence-corrected chi connectivity index (χ0v) is 16.2. The number of fused-ring (bicyclic) bond motifs is 1. The average Bonchev–Trinajstić information content (AvgIpc) is 3.04. The predicted octanol–water partition coefficient (Wildman–Crippen LogP) is 4.12. The van der Waals surface area contributed by atoms with Gasteiger partial charge in [0.05, 0.1) is 23.0 Å². The van der Waals surface area contributed by atoms with Crippen molar-refractivity contribution in [3.05, 3.63) is 47.3 Å². The zero-order valence-electron chi connectivity index (χ0n) is 16.2. The lowest BCUT2D eigenvalue weighted by molar-refractivity contribution is 0.0766. The van der Waals surface area contributed by atoms with E-state index in [1.165, 1.54) is 0 Å². The molecule has 0 saturated heterocycles. The molecule has 0 unspecified atom stereocenters. The molecule has 0 spiro atoms. The van der Waals surface area contributed by atoms with E-state index in [4.69, 9.17) is 4.98 Å². The van der Waals surface area contributed by atoms with Gasteiger partial charge < -0.3 is 4.90 Å². The van der Waals surface area contributed by atoms with Crippen molar-refractivity contribution in [2.24, 2.45) is 7.05 Å². The lowest BCUT2D eigenvalue weighted by atomic mass is 9.98. The molecule has 0 aliphatic heterocycles. The van der Waals surface area contributed by atoms with E-state index in [9.17, 15) is 4.79 Å². The van der Waals surface area contributed by atoms with E-state index in [0.29, 0.717) is 6.54 Å². The topological polar surface area (TPSA) is 51.0 Å². The zero-order chi connectivity index (χ0) is 18.8. The van der Waals surface area contributed by atoms with Gasteiger partial charge >= 0.3 is 0 Å². The second-order valence-corrected chi connectivity index (χ2v) is 6.82. The third-order valence-corrected chi connectivity index (χ3v) is 4.64. The minimum atomic E-state index is 0.0684. The fraction of sp³-hybridized carbons (Fsp3) is 0.381. The van der Waals surface area contributed by atoms with Gasteiger partial charge in [0.15, 0.2) is 0 Å². The number of carbonyl (C=O) groups excluding carboxylic acids is 1. The van der Waals surface area contributed by atoms with Crippen molar-refractivity contribution in [3.8, 4) is 11.3 Å². The van der Waals surface area contributed by atoms with Crippen LogP contribution in [0.4, 0.5) is 0 Å². The van der Waals surface area contributed by atoms with E-state index in [1.54, 1.807) is 10.9 Å². The molecule has 2 aromatic heterocycles. The fourth-order valence-corrected chi connectivity index (χ4v) is 3.47. The molecule has 2 heterocycles. The molecule has 136 valence electrons. The maximum Gasteiger partial charge on any atom is 0.254 e. The number of hydrogen-bond acceptors (Lipinski definition) is 3. The number of rotatable bonds is 5. The van der Waals surface area contributed by atoms with Gasteiger partial charge in [0.2, 0.25) is 0 Å².